The number of rotatable bonds is 27. The zero-order chi connectivity index (χ0) is 70.3. The number of carbonyl (C=O) groups excluding carboxylic acids is 2. The molecule has 4 aliphatic rings. The van der Waals surface area contributed by atoms with Crippen molar-refractivity contribution in [3.05, 3.63) is 149 Å². The number of benzene rings is 5. The van der Waals surface area contributed by atoms with E-state index in [0.717, 1.165) is 55.4 Å². The molecule has 0 saturated carbocycles. The third kappa shape index (κ3) is 34.3. The van der Waals surface area contributed by atoms with E-state index in [2.05, 4.69) is 94.5 Å². The molecular formula is C78H109Br2N5O12. The highest BCUT2D eigenvalue weighted by Gasteiger charge is 2.25. The van der Waals surface area contributed by atoms with Crippen LogP contribution in [0, 0.1) is 19.7 Å². The number of fused-ring (bicyclic) bond motifs is 4. The van der Waals surface area contributed by atoms with Crippen molar-refractivity contribution in [3.63, 3.8) is 0 Å². The van der Waals surface area contributed by atoms with E-state index in [9.17, 15) is 9.59 Å². The third-order valence-corrected chi connectivity index (χ3v) is 17.8. The summed E-state index contributed by atoms with van der Waals surface area (Å²) < 4.78 is 45.9. The number of aromatic hydroxyl groups is 2. The van der Waals surface area contributed by atoms with Crippen molar-refractivity contribution in [2.24, 2.45) is 11.5 Å². The molecule has 532 valence electrons. The summed E-state index contributed by atoms with van der Waals surface area (Å²) in [4.78, 5) is 32.7. The molecule has 0 aliphatic carbocycles. The van der Waals surface area contributed by atoms with Gasteiger partial charge in [-0.2, -0.15) is 0 Å². The van der Waals surface area contributed by atoms with E-state index in [0.29, 0.717) is 93.9 Å². The molecule has 0 aromatic heterocycles. The molecule has 4 aliphatic heterocycles. The Morgan fingerprint density at radius 3 is 1.21 bits per heavy atom. The van der Waals surface area contributed by atoms with Gasteiger partial charge in [0.2, 0.25) is 11.8 Å². The Balaban J connectivity index is 0.000000393. The molecule has 4 heterocycles. The van der Waals surface area contributed by atoms with Gasteiger partial charge in [0.1, 0.15) is 56.6 Å². The summed E-state index contributed by atoms with van der Waals surface area (Å²) >= 11 is 6.98. The summed E-state index contributed by atoms with van der Waals surface area (Å²) in [6.45, 7) is 39.6. The largest absolute Gasteiger partial charge is 0.505 e. The first-order chi connectivity index (χ1) is 46.5. The molecule has 6 N–H and O–H groups in total. The molecule has 17 nitrogen and oxygen atoms in total. The van der Waals surface area contributed by atoms with E-state index in [1.165, 1.54) is 134 Å². The number of hydrogen-bond donors (Lipinski definition) is 4. The smallest absolute Gasteiger partial charge is 0.248 e. The number of allylic oxidation sites excluding steroid dienone is 1. The molecule has 97 heavy (non-hydrogen) atoms. The zero-order valence-electron chi connectivity index (χ0n) is 57.6. The van der Waals surface area contributed by atoms with Crippen LogP contribution in [0.4, 0.5) is 17.1 Å². The van der Waals surface area contributed by atoms with E-state index in [1.807, 2.05) is 18.2 Å². The summed E-state index contributed by atoms with van der Waals surface area (Å²) in [5.41, 5.74) is 12.9. The lowest BCUT2D eigenvalue weighted by atomic mass is 10.1. The van der Waals surface area contributed by atoms with Gasteiger partial charge in [-0.3, -0.25) is 9.59 Å². The van der Waals surface area contributed by atoms with Crippen LogP contribution in [-0.4, -0.2) is 83.0 Å². The van der Waals surface area contributed by atoms with Gasteiger partial charge >= 0.3 is 0 Å². The molecular weight excluding hydrogens is 1360 g/mol. The number of alkyl halides is 2. The number of ether oxygens (including phenoxy) is 8. The molecule has 0 fully saturated rings. The Hall–Kier alpha value is -7.79. The number of unbranched alkanes of at least 4 members (excludes halogenated alkanes) is 13. The van der Waals surface area contributed by atoms with Crippen molar-refractivity contribution in [3.8, 4) is 57.5 Å². The van der Waals surface area contributed by atoms with Gasteiger partial charge in [-0.25, -0.2) is 14.5 Å². The fraction of sp³-hybridized carbons (Fsp3) is 0.526. The maximum atomic E-state index is 11.1. The van der Waals surface area contributed by atoms with Crippen LogP contribution in [0.5, 0.6) is 57.5 Å². The molecule has 0 bridgehead atoms. The first kappa shape index (κ1) is 85.3. The number of phenols is 2. The Bertz CT molecular complexity index is 3180. The second-order valence-electron chi connectivity index (χ2n) is 23.5. The van der Waals surface area contributed by atoms with Crippen LogP contribution in [0.2, 0.25) is 0 Å². The molecule has 5 aromatic carbocycles. The van der Waals surface area contributed by atoms with E-state index in [4.69, 9.17) is 79.3 Å². The molecule has 19 heteroatoms. The Kier molecular flexibility index (Phi) is 45.2. The SMILES string of the molecule is C.C=CCCCCC.CCCCCC(Br)CBr.CCCCCC1COc2cc(C(N)=O)ccc2O1.CCCCCC1COc2ccc(C(N)=O)cc2O1.[C-]#[N+]c1ccc(O)c(O)c1.[C-]#[N+]c1ccc2c(c1)OC(CCCCC)CO2.[C-]#[N+]c1ccc2c(c1)OCC(CCCCC)O2. The Labute approximate surface area is 597 Å². The Morgan fingerprint density at radius 2 is 0.804 bits per heavy atom. The van der Waals surface area contributed by atoms with E-state index < -0.39 is 11.8 Å². The van der Waals surface area contributed by atoms with Gasteiger partial charge < -0.3 is 59.6 Å². The fourth-order valence-electron chi connectivity index (χ4n) is 9.75. The topological polar surface area (TPSA) is 214 Å². The van der Waals surface area contributed by atoms with Gasteiger partial charge in [0.15, 0.2) is 68.8 Å². The fourth-order valence-corrected chi connectivity index (χ4v) is 10.4. The van der Waals surface area contributed by atoms with Crippen molar-refractivity contribution in [1.29, 1.82) is 0 Å². The zero-order valence-corrected chi connectivity index (χ0v) is 60.7. The number of halogens is 2. The Morgan fingerprint density at radius 1 is 0.474 bits per heavy atom. The first-order valence-corrected chi connectivity index (χ1v) is 36.4. The number of primary amides is 2. The molecule has 5 aromatic rings. The van der Waals surface area contributed by atoms with Crippen molar-refractivity contribution in [2.45, 2.75) is 232 Å². The van der Waals surface area contributed by atoms with Gasteiger partial charge in [0.05, 0.1) is 19.7 Å². The summed E-state index contributed by atoms with van der Waals surface area (Å²) in [5.74, 6) is 4.20. The third-order valence-electron chi connectivity index (χ3n) is 15.3. The number of amides is 2. The quantitative estimate of drug-likeness (QED) is 0.0127. The number of nitrogens with two attached hydrogens (primary N) is 2. The number of nitrogens with zero attached hydrogens (tertiary/aromatic N) is 3. The number of hydrogen-bond acceptors (Lipinski definition) is 12. The summed E-state index contributed by atoms with van der Waals surface area (Å²) in [5, 5.41) is 18.7. The lowest BCUT2D eigenvalue weighted by Crippen LogP contribution is -2.29. The predicted molar refractivity (Wildman–Crippen MR) is 399 cm³/mol. The van der Waals surface area contributed by atoms with E-state index in [1.54, 1.807) is 60.7 Å². The maximum Gasteiger partial charge on any atom is 0.248 e. The first-order valence-electron chi connectivity index (χ1n) is 34.3. The lowest BCUT2D eigenvalue weighted by Gasteiger charge is -2.26. The van der Waals surface area contributed by atoms with Crippen LogP contribution >= 0.6 is 31.9 Å². The predicted octanol–water partition coefficient (Wildman–Crippen LogP) is 21.7. The van der Waals surface area contributed by atoms with Crippen LogP contribution in [0.3, 0.4) is 0 Å². The summed E-state index contributed by atoms with van der Waals surface area (Å²) in [7, 11) is 0. The highest BCUT2D eigenvalue weighted by atomic mass is 79.9. The van der Waals surface area contributed by atoms with Crippen molar-refractivity contribution in [2.75, 3.05) is 31.8 Å². The molecule has 2 amide bonds. The molecule has 0 spiro atoms. The van der Waals surface area contributed by atoms with Gasteiger partial charge in [-0.05, 0) is 143 Å². The molecule has 0 radical (unpaired) electrons. The average Bonchev–Trinajstić information content (AvgIpc) is 0.910. The molecule has 9 rings (SSSR count). The van der Waals surface area contributed by atoms with Crippen molar-refractivity contribution < 1.29 is 57.7 Å². The van der Waals surface area contributed by atoms with Gasteiger partial charge in [-0.15, -0.1) is 6.58 Å². The van der Waals surface area contributed by atoms with Gasteiger partial charge in [0, 0.05) is 21.3 Å². The number of phenolic OH excluding ortho intramolecular Hbond substituents is 2. The monoisotopic (exact) mass is 1470 g/mol. The average molecular weight is 1470 g/mol. The van der Waals surface area contributed by atoms with Gasteiger partial charge in [0.25, 0.3) is 0 Å². The molecule has 0 saturated heterocycles. The summed E-state index contributed by atoms with van der Waals surface area (Å²) in [6, 6.07) is 24.7. The minimum atomic E-state index is -0.452. The molecule has 5 atom stereocenters. The molecule has 5 unspecified atom stereocenters. The van der Waals surface area contributed by atoms with Crippen LogP contribution in [-0.2, 0) is 0 Å². The second kappa shape index (κ2) is 51.4. The van der Waals surface area contributed by atoms with E-state index >= 15 is 0 Å². The van der Waals surface area contributed by atoms with Crippen LogP contribution in [0.25, 0.3) is 14.5 Å². The van der Waals surface area contributed by atoms with Crippen molar-refractivity contribution in [1.82, 2.24) is 0 Å². The highest BCUT2D eigenvalue weighted by molar-refractivity contribution is 9.12. The van der Waals surface area contributed by atoms with Crippen LogP contribution in [0.1, 0.15) is 224 Å². The van der Waals surface area contributed by atoms with Crippen LogP contribution in [0.15, 0.2) is 104 Å². The summed E-state index contributed by atoms with van der Waals surface area (Å²) in [6.07, 6.45) is 31.4. The minimum absolute atomic E-state index is 0. The van der Waals surface area contributed by atoms with Crippen molar-refractivity contribution >= 4 is 60.7 Å². The lowest BCUT2D eigenvalue weighted by molar-refractivity contribution is 0.0824. The minimum Gasteiger partial charge on any atom is -0.505 e. The maximum absolute atomic E-state index is 11.1. The number of carbonyl (C=O) groups is 2. The van der Waals surface area contributed by atoms with Gasteiger partial charge in [-0.1, -0.05) is 189 Å². The van der Waals surface area contributed by atoms with E-state index in [-0.39, 0.29) is 43.3 Å². The van der Waals surface area contributed by atoms with Crippen LogP contribution < -0.4 is 49.4 Å². The highest BCUT2D eigenvalue weighted by Crippen LogP contribution is 2.39. The second-order valence-corrected chi connectivity index (χ2v) is 25.5. The standard InChI is InChI=1S/2C14H19NO3.2C14H17NO2.C7H14Br2.C7H5NO2.C7H14.CH4/c1-2-3-4-5-11-9-17-13-8-10(14(15)16)6-7-12(13)18-11;1-2-3-4-5-11-9-17-12-7-6-10(14(15)16)8-13(12)18-11;1-3-4-5-6-12-10-16-14-9-11(15-2)7-8-13(14)17-12;1-3-4-5-6-12-10-16-13-8-7-11(15-2)9-14(13)17-12;1-2-3-4-5-7(9)6-8;1-8-5-2-3-6(9)7(10)4-5;1-3-5-7-6-4-2;/h2*6-8,11H,2-5,9H2,1H3,(H2,15,16);2*7-9,12H,3-6,10H2,1H3;7H,2-6H2,1H3;2-4,9-10H;3H,1,4-7H2,2H3;1H4. The normalized spacial score (nSPS) is 15.4.